The molecule has 0 spiro atoms. The number of hydrogen-bond donors (Lipinski definition) is 0. The number of hydrogen-bond acceptors (Lipinski definition) is 5. The van der Waals surface area contributed by atoms with Gasteiger partial charge in [-0.2, -0.15) is 0 Å². The summed E-state index contributed by atoms with van der Waals surface area (Å²) in [7, 11) is 3.44. The lowest BCUT2D eigenvalue weighted by molar-refractivity contribution is -0.134. The van der Waals surface area contributed by atoms with E-state index in [1.165, 1.54) is 0 Å². The molecule has 2 amide bonds. The van der Waals surface area contributed by atoms with Gasteiger partial charge in [-0.15, -0.1) is 0 Å². The highest BCUT2D eigenvalue weighted by molar-refractivity contribution is 5.77. The highest BCUT2D eigenvalue weighted by atomic mass is 16.5. The first-order chi connectivity index (χ1) is 21.3. The molecule has 0 N–H and O–H groups in total. The number of likely N-dealkylation sites (N-methyl/N-ethyl adjacent to an activating group) is 2. The normalized spacial score (nSPS) is 11.2. The molecule has 0 fully saturated rings. The van der Waals surface area contributed by atoms with Crippen LogP contribution < -0.4 is 4.74 Å². The highest BCUT2D eigenvalue weighted by Gasteiger charge is 2.37. The van der Waals surface area contributed by atoms with E-state index in [1.54, 1.807) is 30.9 Å². The Balaban J connectivity index is 1.61. The molecule has 3 aromatic rings. The van der Waals surface area contributed by atoms with Crippen LogP contribution in [0.2, 0.25) is 0 Å². The first kappa shape index (κ1) is 34.5. The van der Waals surface area contributed by atoms with E-state index in [0.717, 1.165) is 41.7 Å². The minimum Gasteiger partial charge on any atom is -0.497 e. The molecule has 0 heterocycles. The Hall–Kier alpha value is -3.97. The van der Waals surface area contributed by atoms with Gasteiger partial charge in [-0.3, -0.25) is 9.59 Å². The third kappa shape index (κ3) is 9.78. The first-order valence-corrected chi connectivity index (χ1v) is 15.7. The maximum atomic E-state index is 13.0. The van der Waals surface area contributed by atoms with Gasteiger partial charge in [-0.1, -0.05) is 79.2 Å². The fourth-order valence-electron chi connectivity index (χ4n) is 5.40. The Kier molecular flexibility index (Phi) is 14.1. The molecule has 0 radical (unpaired) electrons. The maximum Gasteiger partial charge on any atom is 0.222 e. The fourth-order valence-corrected chi connectivity index (χ4v) is 5.40. The molecule has 3 rings (SSSR count). The van der Waals surface area contributed by atoms with Crippen molar-refractivity contribution in [2.24, 2.45) is 0 Å². The Morgan fingerprint density at radius 2 is 1.23 bits per heavy atom. The second kappa shape index (κ2) is 18.0. The van der Waals surface area contributed by atoms with E-state index in [4.69, 9.17) is 9.47 Å². The van der Waals surface area contributed by atoms with Gasteiger partial charge >= 0.3 is 0 Å². The Bertz CT molecular complexity index is 1250. The number of methoxy groups -OCH3 is 1. The van der Waals surface area contributed by atoms with Crippen LogP contribution in [0.4, 0.5) is 0 Å². The zero-order valence-corrected chi connectivity index (χ0v) is 26.8. The van der Waals surface area contributed by atoms with Crippen molar-refractivity contribution in [1.29, 1.82) is 0 Å². The summed E-state index contributed by atoms with van der Waals surface area (Å²) in [6.45, 7) is 5.52. The molecule has 7 nitrogen and oxygen atoms in total. The van der Waals surface area contributed by atoms with Gasteiger partial charge in [-0.25, -0.2) is 0 Å². The molecule has 0 aliphatic rings. The van der Waals surface area contributed by atoms with Crippen LogP contribution in [-0.4, -0.2) is 67.8 Å². The van der Waals surface area contributed by atoms with Gasteiger partial charge in [0.05, 0.1) is 7.11 Å². The maximum absolute atomic E-state index is 13.0. The monoisotopic (exact) mass is 600 g/mol. The second-order valence-electron chi connectivity index (χ2n) is 11.1. The molecule has 0 bridgehead atoms. The average Bonchev–Trinajstić information content (AvgIpc) is 3.05. The summed E-state index contributed by atoms with van der Waals surface area (Å²) >= 11 is 0. The lowest BCUT2D eigenvalue weighted by Crippen LogP contribution is -2.39. The van der Waals surface area contributed by atoms with Gasteiger partial charge in [0.2, 0.25) is 11.8 Å². The van der Waals surface area contributed by atoms with Gasteiger partial charge in [0.15, 0.2) is 0 Å². The van der Waals surface area contributed by atoms with E-state index < -0.39 is 5.60 Å². The van der Waals surface area contributed by atoms with Gasteiger partial charge in [0.25, 0.3) is 0 Å². The summed E-state index contributed by atoms with van der Waals surface area (Å²) in [5.41, 5.74) is 2.12. The summed E-state index contributed by atoms with van der Waals surface area (Å²) in [5.74, 6) is 1.08. The fraction of sp³-hybridized carbons (Fsp3) is 0.432. The summed E-state index contributed by atoms with van der Waals surface area (Å²) in [5, 5.41) is 0. The predicted molar refractivity (Wildman–Crippen MR) is 175 cm³/mol. The number of carbonyl (C=O) groups excluding carboxylic acids is 3. The molecular weight excluding hydrogens is 552 g/mol. The number of Topliss-reactive ketones (excluding diaryl/α,β-unsaturated/α-hetero) is 1. The molecular formula is C37H48N2O5. The molecule has 0 aromatic heterocycles. The predicted octanol–water partition coefficient (Wildman–Crippen LogP) is 6.63. The molecule has 0 saturated heterocycles. The standard InChI is InChI=1S/C37H48N2O5/c1-5-39(36(42)21-14-6-9-16-30(2)40)28-27-38(3)35(41)22-15-29-44-37(31-17-10-7-11-18-31,32-19-12-8-13-20-32)33-23-25-34(43-4)26-24-33/h7-8,10-13,17-20,23-26H,5-6,9,14-16,21-22,27-29H2,1-4H3. The Morgan fingerprint density at radius 3 is 1.77 bits per heavy atom. The van der Waals surface area contributed by atoms with E-state index in [9.17, 15) is 14.4 Å². The SMILES string of the molecule is CCN(CCN(C)C(=O)CCCOC(c1ccccc1)(c1ccccc1)c1ccc(OC)cc1)C(=O)CCCCCC(C)=O. The molecule has 0 atom stereocenters. The van der Waals surface area contributed by atoms with Crippen LogP contribution in [-0.2, 0) is 24.7 Å². The van der Waals surface area contributed by atoms with Crippen LogP contribution in [0, 0.1) is 0 Å². The Morgan fingerprint density at radius 1 is 0.682 bits per heavy atom. The summed E-state index contributed by atoms with van der Waals surface area (Å²) < 4.78 is 12.2. The number of amides is 2. The lowest BCUT2D eigenvalue weighted by atomic mass is 9.80. The molecule has 0 aliphatic heterocycles. The lowest BCUT2D eigenvalue weighted by Gasteiger charge is -2.36. The van der Waals surface area contributed by atoms with Crippen LogP contribution in [0.5, 0.6) is 5.75 Å². The molecule has 3 aromatic carbocycles. The number of nitrogens with zero attached hydrogens (tertiary/aromatic N) is 2. The third-order valence-electron chi connectivity index (χ3n) is 8.00. The summed E-state index contributed by atoms with van der Waals surface area (Å²) in [4.78, 5) is 40.3. The zero-order chi connectivity index (χ0) is 31.8. The minimum absolute atomic E-state index is 0.0239. The van der Waals surface area contributed by atoms with Crippen molar-refractivity contribution >= 4 is 17.6 Å². The van der Waals surface area contributed by atoms with Crippen LogP contribution in [0.25, 0.3) is 0 Å². The Labute approximate surface area is 263 Å². The van der Waals surface area contributed by atoms with E-state index >= 15 is 0 Å². The number of benzene rings is 3. The number of ether oxygens (including phenoxy) is 2. The van der Waals surface area contributed by atoms with Crippen molar-refractivity contribution < 1.29 is 23.9 Å². The van der Waals surface area contributed by atoms with Gasteiger partial charge in [0.1, 0.15) is 17.1 Å². The molecule has 0 saturated carbocycles. The number of ketones is 1. The quantitative estimate of drug-likeness (QED) is 0.114. The van der Waals surface area contributed by atoms with Crippen LogP contribution >= 0.6 is 0 Å². The van der Waals surface area contributed by atoms with Crippen molar-refractivity contribution in [3.05, 3.63) is 102 Å². The molecule has 0 unspecified atom stereocenters. The first-order valence-electron chi connectivity index (χ1n) is 15.7. The van der Waals surface area contributed by atoms with E-state index in [1.807, 2.05) is 67.6 Å². The number of unbranched alkanes of at least 4 members (excludes halogenated alkanes) is 2. The summed E-state index contributed by atoms with van der Waals surface area (Å²) in [6, 6.07) is 28.3. The van der Waals surface area contributed by atoms with Crippen molar-refractivity contribution in [3.8, 4) is 5.75 Å². The number of carbonyl (C=O) groups is 3. The van der Waals surface area contributed by atoms with Gasteiger partial charge in [0, 0.05) is 52.6 Å². The van der Waals surface area contributed by atoms with E-state index in [0.29, 0.717) is 51.9 Å². The number of rotatable bonds is 19. The smallest absolute Gasteiger partial charge is 0.222 e. The van der Waals surface area contributed by atoms with Crippen LogP contribution in [0.15, 0.2) is 84.9 Å². The van der Waals surface area contributed by atoms with Crippen LogP contribution in [0.1, 0.15) is 75.5 Å². The molecule has 44 heavy (non-hydrogen) atoms. The van der Waals surface area contributed by atoms with Gasteiger partial charge in [-0.05, 0) is 61.9 Å². The highest BCUT2D eigenvalue weighted by Crippen LogP contribution is 2.41. The minimum atomic E-state index is -0.863. The molecule has 7 heteroatoms. The molecule has 236 valence electrons. The van der Waals surface area contributed by atoms with E-state index in [-0.39, 0.29) is 17.6 Å². The zero-order valence-electron chi connectivity index (χ0n) is 26.8. The second-order valence-corrected chi connectivity index (χ2v) is 11.1. The van der Waals surface area contributed by atoms with Crippen molar-refractivity contribution in [2.45, 2.75) is 64.4 Å². The van der Waals surface area contributed by atoms with Crippen molar-refractivity contribution in [3.63, 3.8) is 0 Å². The van der Waals surface area contributed by atoms with E-state index in [2.05, 4.69) is 24.3 Å². The van der Waals surface area contributed by atoms with Crippen LogP contribution in [0.3, 0.4) is 0 Å². The molecule has 0 aliphatic carbocycles. The van der Waals surface area contributed by atoms with Crippen molar-refractivity contribution in [1.82, 2.24) is 9.80 Å². The third-order valence-corrected chi connectivity index (χ3v) is 8.00. The topological polar surface area (TPSA) is 76.2 Å². The average molecular weight is 601 g/mol. The van der Waals surface area contributed by atoms with Crippen molar-refractivity contribution in [2.75, 3.05) is 40.4 Å². The van der Waals surface area contributed by atoms with Gasteiger partial charge < -0.3 is 24.1 Å². The summed E-state index contributed by atoms with van der Waals surface area (Å²) in [6.07, 6.45) is 4.42. The largest absolute Gasteiger partial charge is 0.497 e.